The molecule has 0 aromatic carbocycles. The normalized spacial score (nSPS) is 20.4. The van der Waals surface area contributed by atoms with Gasteiger partial charge in [0.05, 0.1) is 23.2 Å². The summed E-state index contributed by atoms with van der Waals surface area (Å²) >= 11 is 3.18. The van der Waals surface area contributed by atoms with Gasteiger partial charge in [0, 0.05) is 18.9 Å². The zero-order chi connectivity index (χ0) is 17.1. The number of aromatic nitrogens is 2. The van der Waals surface area contributed by atoms with Gasteiger partial charge in [-0.2, -0.15) is 17.5 Å². The van der Waals surface area contributed by atoms with Crippen LogP contribution in [0.3, 0.4) is 0 Å². The molecule has 0 N–H and O–H groups in total. The molecule has 2 heterocycles. The number of halogens is 4. The molecule has 1 aromatic rings. The van der Waals surface area contributed by atoms with E-state index < -0.39 is 34.5 Å². The van der Waals surface area contributed by atoms with Crippen molar-refractivity contribution in [2.24, 2.45) is 0 Å². The summed E-state index contributed by atoms with van der Waals surface area (Å²) in [4.78, 5) is 7.86. The second-order valence-corrected chi connectivity index (χ2v) is 8.11. The summed E-state index contributed by atoms with van der Waals surface area (Å²) in [7, 11) is -3.96. The molecule has 0 saturated carbocycles. The van der Waals surface area contributed by atoms with Crippen LogP contribution in [-0.4, -0.2) is 53.8 Å². The number of sulfonamides is 1. The number of rotatable bonds is 5. The van der Waals surface area contributed by atoms with E-state index in [1.54, 1.807) is 0 Å². The SMILES string of the molecule is O=S(=O)(CCC(F)(F)F)N1CCCC(Oc2ncc(Br)cn2)C1. The number of hydrogen-bond acceptors (Lipinski definition) is 5. The first-order valence-corrected chi connectivity index (χ1v) is 9.25. The molecule has 0 radical (unpaired) electrons. The Hall–Kier alpha value is -0.940. The molecule has 6 nitrogen and oxygen atoms in total. The molecule has 2 rings (SSSR count). The maximum Gasteiger partial charge on any atom is 0.390 e. The van der Waals surface area contributed by atoms with Gasteiger partial charge in [-0.3, -0.25) is 0 Å². The van der Waals surface area contributed by atoms with Crippen LogP contribution in [0.5, 0.6) is 6.01 Å². The monoisotopic (exact) mass is 417 g/mol. The number of alkyl halides is 3. The van der Waals surface area contributed by atoms with Gasteiger partial charge in [-0.15, -0.1) is 0 Å². The van der Waals surface area contributed by atoms with Crippen LogP contribution in [0.2, 0.25) is 0 Å². The Morgan fingerprint density at radius 3 is 2.61 bits per heavy atom. The minimum Gasteiger partial charge on any atom is -0.459 e. The lowest BCUT2D eigenvalue weighted by molar-refractivity contribution is -0.130. The summed E-state index contributed by atoms with van der Waals surface area (Å²) in [6, 6.07) is 0.104. The third-order valence-electron chi connectivity index (χ3n) is 3.25. The number of piperidine rings is 1. The molecule has 1 unspecified atom stereocenters. The third-order valence-corrected chi connectivity index (χ3v) is 5.49. The Bertz CT molecular complexity index is 625. The molecule has 1 atom stereocenters. The lowest BCUT2D eigenvalue weighted by Crippen LogP contribution is -2.45. The molecule has 0 spiro atoms. The highest BCUT2D eigenvalue weighted by Crippen LogP contribution is 2.23. The fraction of sp³-hybridized carbons (Fsp3) is 0.667. The first kappa shape index (κ1) is 18.4. The van der Waals surface area contributed by atoms with Crippen molar-refractivity contribution in [1.29, 1.82) is 0 Å². The Morgan fingerprint density at radius 2 is 2.00 bits per heavy atom. The van der Waals surface area contributed by atoms with Crippen molar-refractivity contribution in [1.82, 2.24) is 14.3 Å². The van der Waals surface area contributed by atoms with Crippen LogP contribution in [-0.2, 0) is 10.0 Å². The Balaban J connectivity index is 1.95. The molecule has 1 fully saturated rings. The van der Waals surface area contributed by atoms with E-state index in [0.29, 0.717) is 17.3 Å². The van der Waals surface area contributed by atoms with Crippen molar-refractivity contribution in [3.8, 4) is 6.01 Å². The van der Waals surface area contributed by atoms with Gasteiger partial charge in [0.1, 0.15) is 6.10 Å². The predicted molar refractivity (Wildman–Crippen MR) is 79.4 cm³/mol. The lowest BCUT2D eigenvalue weighted by Gasteiger charge is -2.31. The van der Waals surface area contributed by atoms with Gasteiger partial charge < -0.3 is 4.74 Å². The largest absolute Gasteiger partial charge is 0.459 e. The highest BCUT2D eigenvalue weighted by atomic mass is 79.9. The fourth-order valence-electron chi connectivity index (χ4n) is 2.14. The van der Waals surface area contributed by atoms with E-state index in [2.05, 4.69) is 25.9 Å². The molecular weight excluding hydrogens is 403 g/mol. The lowest BCUT2D eigenvalue weighted by atomic mass is 10.1. The van der Waals surface area contributed by atoms with Gasteiger partial charge in [0.15, 0.2) is 0 Å². The van der Waals surface area contributed by atoms with Crippen molar-refractivity contribution < 1.29 is 26.3 Å². The molecule has 0 bridgehead atoms. The second-order valence-electron chi connectivity index (χ2n) is 5.11. The summed E-state index contributed by atoms with van der Waals surface area (Å²) < 4.78 is 67.9. The van der Waals surface area contributed by atoms with Crippen molar-refractivity contribution in [2.75, 3.05) is 18.8 Å². The number of ether oxygens (including phenoxy) is 1. The van der Waals surface area contributed by atoms with Crippen LogP contribution in [0.4, 0.5) is 13.2 Å². The average Bonchev–Trinajstić information content (AvgIpc) is 2.47. The fourth-order valence-corrected chi connectivity index (χ4v) is 3.89. The first-order valence-electron chi connectivity index (χ1n) is 6.84. The Labute approximate surface area is 140 Å². The molecule has 11 heteroatoms. The third kappa shape index (κ3) is 5.88. The summed E-state index contributed by atoms with van der Waals surface area (Å²) in [6.45, 7) is 0.195. The van der Waals surface area contributed by atoms with Crippen molar-refractivity contribution in [3.05, 3.63) is 16.9 Å². The summed E-state index contributed by atoms with van der Waals surface area (Å²) in [6.07, 6.45) is -2.26. The highest BCUT2D eigenvalue weighted by Gasteiger charge is 2.35. The van der Waals surface area contributed by atoms with Crippen LogP contribution in [0.15, 0.2) is 16.9 Å². The average molecular weight is 418 g/mol. The molecule has 23 heavy (non-hydrogen) atoms. The number of hydrogen-bond donors (Lipinski definition) is 0. The summed E-state index contributed by atoms with van der Waals surface area (Å²) in [5.74, 6) is -0.946. The maximum atomic E-state index is 12.2. The van der Waals surface area contributed by atoms with E-state index >= 15 is 0 Å². The molecule has 1 aromatic heterocycles. The minimum atomic E-state index is -4.50. The van der Waals surface area contributed by atoms with Gasteiger partial charge in [-0.1, -0.05) is 0 Å². The van der Waals surface area contributed by atoms with Crippen LogP contribution in [0.1, 0.15) is 19.3 Å². The van der Waals surface area contributed by atoms with Gasteiger partial charge in [-0.25, -0.2) is 18.4 Å². The molecular formula is C12H15BrF3N3O3S. The van der Waals surface area contributed by atoms with E-state index in [9.17, 15) is 21.6 Å². The van der Waals surface area contributed by atoms with Gasteiger partial charge in [-0.05, 0) is 28.8 Å². The minimum absolute atomic E-state index is 0.000383. The van der Waals surface area contributed by atoms with Gasteiger partial charge in [0.2, 0.25) is 10.0 Å². The van der Waals surface area contributed by atoms with E-state index in [1.165, 1.54) is 12.4 Å². The van der Waals surface area contributed by atoms with Crippen LogP contribution in [0, 0.1) is 0 Å². The van der Waals surface area contributed by atoms with Crippen LogP contribution < -0.4 is 4.74 Å². The predicted octanol–water partition coefficient (Wildman–Crippen LogP) is 2.36. The van der Waals surface area contributed by atoms with Crippen molar-refractivity contribution in [3.63, 3.8) is 0 Å². The van der Waals surface area contributed by atoms with E-state index in [0.717, 1.165) is 4.31 Å². The molecule has 1 saturated heterocycles. The smallest absolute Gasteiger partial charge is 0.390 e. The van der Waals surface area contributed by atoms with Crippen LogP contribution in [0.25, 0.3) is 0 Å². The zero-order valence-electron chi connectivity index (χ0n) is 12.0. The van der Waals surface area contributed by atoms with E-state index in [-0.39, 0.29) is 19.1 Å². The van der Waals surface area contributed by atoms with E-state index in [4.69, 9.17) is 4.74 Å². The molecule has 1 aliphatic heterocycles. The standard InChI is InChI=1S/C12H15BrF3N3O3S/c13-9-6-17-11(18-7-9)22-10-2-1-4-19(8-10)23(20,21)5-3-12(14,15)16/h6-7,10H,1-5,8H2. The summed E-state index contributed by atoms with van der Waals surface area (Å²) in [5, 5.41) is 0. The number of nitrogens with zero attached hydrogens (tertiary/aromatic N) is 3. The quantitative estimate of drug-likeness (QED) is 0.735. The second kappa shape index (κ2) is 7.31. The zero-order valence-corrected chi connectivity index (χ0v) is 14.4. The van der Waals surface area contributed by atoms with Crippen molar-refractivity contribution >= 4 is 26.0 Å². The molecule has 130 valence electrons. The van der Waals surface area contributed by atoms with Gasteiger partial charge >= 0.3 is 12.2 Å². The Kier molecular flexibility index (Phi) is 5.84. The topological polar surface area (TPSA) is 72.4 Å². The molecule has 0 aliphatic carbocycles. The Morgan fingerprint density at radius 1 is 1.35 bits per heavy atom. The van der Waals surface area contributed by atoms with E-state index in [1.807, 2.05) is 0 Å². The molecule has 0 amide bonds. The van der Waals surface area contributed by atoms with Gasteiger partial charge in [0.25, 0.3) is 0 Å². The maximum absolute atomic E-state index is 12.2. The first-order chi connectivity index (χ1) is 10.7. The molecule has 1 aliphatic rings. The highest BCUT2D eigenvalue weighted by molar-refractivity contribution is 9.10. The van der Waals surface area contributed by atoms with Crippen molar-refractivity contribution in [2.45, 2.75) is 31.5 Å². The summed E-state index contributed by atoms with van der Waals surface area (Å²) in [5.41, 5.74) is 0. The van der Waals surface area contributed by atoms with Crippen LogP contribution >= 0.6 is 15.9 Å².